The van der Waals surface area contributed by atoms with Crippen molar-refractivity contribution in [3.05, 3.63) is 35.2 Å². The summed E-state index contributed by atoms with van der Waals surface area (Å²) in [4.78, 5) is 44.9. The second-order valence-corrected chi connectivity index (χ2v) is 9.67. The van der Waals surface area contributed by atoms with Crippen LogP contribution in [0.15, 0.2) is 29.6 Å². The molecule has 2 aliphatic rings. The predicted molar refractivity (Wildman–Crippen MR) is 129 cm³/mol. The quantitative estimate of drug-likeness (QED) is 0.695. The van der Waals surface area contributed by atoms with E-state index in [1.807, 2.05) is 46.4 Å². The van der Waals surface area contributed by atoms with Crippen molar-refractivity contribution in [2.24, 2.45) is 5.92 Å². The number of anilines is 1. The van der Waals surface area contributed by atoms with E-state index in [0.29, 0.717) is 31.1 Å². The lowest BCUT2D eigenvalue weighted by Gasteiger charge is -2.33. The van der Waals surface area contributed by atoms with Crippen molar-refractivity contribution in [2.75, 3.05) is 31.5 Å². The first kappa shape index (κ1) is 23.2. The van der Waals surface area contributed by atoms with Crippen LogP contribution in [0.1, 0.15) is 51.1 Å². The highest BCUT2D eigenvalue weighted by Gasteiger charge is 2.30. The normalized spacial score (nSPS) is 17.6. The van der Waals surface area contributed by atoms with Crippen molar-refractivity contribution >= 4 is 34.3 Å². The van der Waals surface area contributed by atoms with Crippen molar-refractivity contribution in [1.82, 2.24) is 20.1 Å². The van der Waals surface area contributed by atoms with E-state index in [-0.39, 0.29) is 29.8 Å². The second kappa shape index (κ2) is 10.3. The lowest BCUT2D eigenvalue weighted by molar-refractivity contribution is -0.121. The molecule has 2 fully saturated rings. The van der Waals surface area contributed by atoms with Crippen LogP contribution < -0.4 is 10.6 Å². The molecule has 2 aromatic rings. The molecule has 176 valence electrons. The second-order valence-electron chi connectivity index (χ2n) is 8.81. The van der Waals surface area contributed by atoms with Gasteiger partial charge >= 0.3 is 6.03 Å². The molecule has 33 heavy (non-hydrogen) atoms. The molecule has 1 aromatic heterocycles. The van der Waals surface area contributed by atoms with Crippen LogP contribution in [0.3, 0.4) is 0 Å². The SMILES string of the molecule is CC(=O)NC(C)c1ccc(-c2csc(NC(=O)C3CCN(C(=O)N4CCCC4)CC3)n2)cc1. The third-order valence-electron chi connectivity index (χ3n) is 6.37. The number of urea groups is 1. The van der Waals surface area contributed by atoms with Gasteiger partial charge in [0.25, 0.3) is 0 Å². The van der Waals surface area contributed by atoms with Gasteiger partial charge in [0.05, 0.1) is 11.7 Å². The standard InChI is InChI=1S/C24H31N5O3S/c1-16(25-17(2)30)18-5-7-19(8-6-18)21-15-33-23(26-21)27-22(31)20-9-13-29(14-10-20)24(32)28-11-3-4-12-28/h5-8,15-16,20H,3-4,9-14H2,1-2H3,(H,25,30)(H,26,27,31). The smallest absolute Gasteiger partial charge is 0.319 e. The highest BCUT2D eigenvalue weighted by Crippen LogP contribution is 2.28. The number of nitrogens with one attached hydrogen (secondary N) is 2. The fraction of sp³-hybridized carbons (Fsp3) is 0.500. The first-order valence-electron chi connectivity index (χ1n) is 11.6. The number of amides is 4. The minimum Gasteiger partial charge on any atom is -0.350 e. The number of hydrogen-bond acceptors (Lipinski definition) is 5. The topological polar surface area (TPSA) is 94.6 Å². The molecule has 4 rings (SSSR count). The van der Waals surface area contributed by atoms with Gasteiger partial charge in [-0.1, -0.05) is 24.3 Å². The summed E-state index contributed by atoms with van der Waals surface area (Å²) in [6.07, 6.45) is 3.52. The number of nitrogens with zero attached hydrogens (tertiary/aromatic N) is 3. The van der Waals surface area contributed by atoms with Gasteiger partial charge in [0, 0.05) is 50.0 Å². The average Bonchev–Trinajstić information content (AvgIpc) is 3.51. The molecule has 9 heteroatoms. The Bertz CT molecular complexity index is 992. The van der Waals surface area contributed by atoms with E-state index in [1.54, 1.807) is 0 Å². The van der Waals surface area contributed by atoms with Gasteiger partial charge in [0.2, 0.25) is 11.8 Å². The van der Waals surface area contributed by atoms with Crippen molar-refractivity contribution in [3.63, 3.8) is 0 Å². The van der Waals surface area contributed by atoms with Gasteiger partial charge in [-0.2, -0.15) is 0 Å². The van der Waals surface area contributed by atoms with Crippen LogP contribution in [0.25, 0.3) is 11.3 Å². The van der Waals surface area contributed by atoms with Gasteiger partial charge in [-0.3, -0.25) is 9.59 Å². The largest absolute Gasteiger partial charge is 0.350 e. The van der Waals surface area contributed by atoms with Crippen LogP contribution in [-0.4, -0.2) is 58.8 Å². The van der Waals surface area contributed by atoms with Gasteiger partial charge in [-0.25, -0.2) is 9.78 Å². The maximum Gasteiger partial charge on any atom is 0.319 e. The molecule has 8 nitrogen and oxygen atoms in total. The highest BCUT2D eigenvalue weighted by atomic mass is 32.1. The van der Waals surface area contributed by atoms with E-state index in [4.69, 9.17) is 0 Å². The van der Waals surface area contributed by atoms with Gasteiger partial charge in [0.1, 0.15) is 0 Å². The van der Waals surface area contributed by atoms with E-state index in [1.165, 1.54) is 18.3 Å². The molecule has 0 spiro atoms. The van der Waals surface area contributed by atoms with E-state index in [0.717, 1.165) is 42.8 Å². The number of carbonyl (C=O) groups excluding carboxylic acids is 3. The maximum atomic E-state index is 12.8. The van der Waals surface area contributed by atoms with Crippen LogP contribution in [0.5, 0.6) is 0 Å². The number of thiazole rings is 1. The zero-order chi connectivity index (χ0) is 23.4. The van der Waals surface area contributed by atoms with Crippen LogP contribution in [0, 0.1) is 5.92 Å². The van der Waals surface area contributed by atoms with E-state index >= 15 is 0 Å². The van der Waals surface area contributed by atoms with Gasteiger partial charge in [0.15, 0.2) is 5.13 Å². The molecule has 2 N–H and O–H groups in total. The number of benzene rings is 1. The summed E-state index contributed by atoms with van der Waals surface area (Å²) >= 11 is 1.41. The Morgan fingerprint density at radius 3 is 2.30 bits per heavy atom. The highest BCUT2D eigenvalue weighted by molar-refractivity contribution is 7.14. The van der Waals surface area contributed by atoms with E-state index < -0.39 is 0 Å². The molecule has 0 saturated carbocycles. The molecular formula is C24H31N5O3S. The molecule has 1 atom stereocenters. The zero-order valence-corrected chi connectivity index (χ0v) is 20.0. The fourth-order valence-electron chi connectivity index (χ4n) is 4.44. The molecule has 0 aliphatic carbocycles. The summed E-state index contributed by atoms with van der Waals surface area (Å²) in [7, 11) is 0. The number of likely N-dealkylation sites (tertiary alicyclic amines) is 2. The molecule has 2 saturated heterocycles. The Hall–Kier alpha value is -2.94. The molecule has 0 bridgehead atoms. The summed E-state index contributed by atoms with van der Waals surface area (Å²) in [5, 5.41) is 8.35. The lowest BCUT2D eigenvalue weighted by atomic mass is 9.96. The molecule has 2 aliphatic heterocycles. The lowest BCUT2D eigenvalue weighted by Crippen LogP contribution is -2.47. The average molecular weight is 470 g/mol. The van der Waals surface area contributed by atoms with Crippen molar-refractivity contribution in [3.8, 4) is 11.3 Å². The van der Waals surface area contributed by atoms with Gasteiger partial charge in [-0.05, 0) is 38.2 Å². The number of hydrogen-bond donors (Lipinski definition) is 2. The predicted octanol–water partition coefficient (Wildman–Crippen LogP) is 3.87. The van der Waals surface area contributed by atoms with Crippen molar-refractivity contribution in [2.45, 2.75) is 45.6 Å². The summed E-state index contributed by atoms with van der Waals surface area (Å²) in [5.41, 5.74) is 2.78. The summed E-state index contributed by atoms with van der Waals surface area (Å²) < 4.78 is 0. The van der Waals surface area contributed by atoms with Crippen LogP contribution in [-0.2, 0) is 9.59 Å². The summed E-state index contributed by atoms with van der Waals surface area (Å²) in [6.45, 7) is 6.40. The monoisotopic (exact) mass is 469 g/mol. The first-order chi connectivity index (χ1) is 15.9. The van der Waals surface area contributed by atoms with E-state index in [9.17, 15) is 14.4 Å². The van der Waals surface area contributed by atoms with Gasteiger partial charge in [-0.15, -0.1) is 11.3 Å². The molecular weight excluding hydrogens is 438 g/mol. The Balaban J connectivity index is 1.29. The molecule has 0 radical (unpaired) electrons. The molecule has 4 amide bonds. The Labute approximate surface area is 198 Å². The summed E-state index contributed by atoms with van der Waals surface area (Å²) in [5.74, 6) is -0.187. The fourth-order valence-corrected chi connectivity index (χ4v) is 5.17. The van der Waals surface area contributed by atoms with Crippen molar-refractivity contribution in [1.29, 1.82) is 0 Å². The Kier molecular flexibility index (Phi) is 7.27. The zero-order valence-electron chi connectivity index (χ0n) is 19.2. The number of piperidine rings is 1. The van der Waals surface area contributed by atoms with Crippen LogP contribution >= 0.6 is 11.3 Å². The Morgan fingerprint density at radius 1 is 1.03 bits per heavy atom. The minimum atomic E-state index is -0.102. The third kappa shape index (κ3) is 5.71. The number of rotatable bonds is 5. The Morgan fingerprint density at radius 2 is 1.67 bits per heavy atom. The third-order valence-corrected chi connectivity index (χ3v) is 7.13. The van der Waals surface area contributed by atoms with Gasteiger partial charge < -0.3 is 20.4 Å². The number of aromatic nitrogens is 1. The first-order valence-corrected chi connectivity index (χ1v) is 12.5. The van der Waals surface area contributed by atoms with Crippen LogP contribution in [0.2, 0.25) is 0 Å². The van der Waals surface area contributed by atoms with Crippen molar-refractivity contribution < 1.29 is 14.4 Å². The summed E-state index contributed by atoms with van der Waals surface area (Å²) in [6, 6.07) is 7.96. The number of carbonyl (C=O) groups is 3. The molecule has 1 unspecified atom stereocenters. The maximum absolute atomic E-state index is 12.8. The van der Waals surface area contributed by atoms with E-state index in [2.05, 4.69) is 15.6 Å². The molecule has 1 aromatic carbocycles. The molecule has 3 heterocycles. The minimum absolute atomic E-state index is 0.0244. The van der Waals surface area contributed by atoms with Crippen LogP contribution in [0.4, 0.5) is 9.93 Å².